The van der Waals surface area contributed by atoms with Crippen LogP contribution in [0, 0.1) is 5.82 Å². The summed E-state index contributed by atoms with van der Waals surface area (Å²) in [7, 11) is 0. The van der Waals surface area contributed by atoms with Gasteiger partial charge in [-0.1, -0.05) is 0 Å². The van der Waals surface area contributed by atoms with Gasteiger partial charge >= 0.3 is 0 Å². The van der Waals surface area contributed by atoms with Gasteiger partial charge in [0.25, 0.3) is 0 Å². The molecule has 4 nitrogen and oxygen atoms in total. The van der Waals surface area contributed by atoms with Gasteiger partial charge in [-0.25, -0.2) is 4.39 Å². The van der Waals surface area contributed by atoms with E-state index in [1.807, 2.05) is 4.57 Å². The molecule has 1 aliphatic heterocycles. The summed E-state index contributed by atoms with van der Waals surface area (Å²) >= 11 is 0. The number of fused-ring (bicyclic) bond motifs is 1. The van der Waals surface area contributed by atoms with Crippen molar-refractivity contribution >= 4 is 5.69 Å². The Labute approximate surface area is 91.9 Å². The Hall–Kier alpha value is -1.91. The van der Waals surface area contributed by atoms with Crippen molar-refractivity contribution in [3.63, 3.8) is 0 Å². The van der Waals surface area contributed by atoms with E-state index >= 15 is 0 Å². The Morgan fingerprint density at radius 3 is 3.06 bits per heavy atom. The van der Waals surface area contributed by atoms with Gasteiger partial charge in [0.15, 0.2) is 5.82 Å². The normalized spacial score (nSPS) is 14.1. The van der Waals surface area contributed by atoms with E-state index in [4.69, 9.17) is 5.73 Å². The molecule has 0 radical (unpaired) electrons. The zero-order valence-electron chi connectivity index (χ0n) is 8.65. The predicted molar refractivity (Wildman–Crippen MR) is 58.1 cm³/mol. The monoisotopic (exact) mass is 218 g/mol. The van der Waals surface area contributed by atoms with Crippen LogP contribution in [0.25, 0.3) is 11.4 Å². The van der Waals surface area contributed by atoms with Crippen molar-refractivity contribution < 1.29 is 4.39 Å². The Bertz CT molecular complexity index is 547. The minimum Gasteiger partial charge on any atom is -0.399 e. The summed E-state index contributed by atoms with van der Waals surface area (Å²) in [6.45, 7) is 0.853. The van der Waals surface area contributed by atoms with Crippen LogP contribution in [0.2, 0.25) is 0 Å². The zero-order valence-corrected chi connectivity index (χ0v) is 8.65. The quantitative estimate of drug-likeness (QED) is 0.740. The van der Waals surface area contributed by atoms with Crippen molar-refractivity contribution in [2.75, 3.05) is 5.73 Å². The molecule has 16 heavy (non-hydrogen) atoms. The number of anilines is 1. The second-order valence-corrected chi connectivity index (χ2v) is 3.93. The molecule has 1 aromatic carbocycles. The molecule has 0 unspecified atom stereocenters. The Kier molecular flexibility index (Phi) is 1.92. The lowest BCUT2D eigenvalue weighted by Crippen LogP contribution is -1.99. The van der Waals surface area contributed by atoms with Crippen LogP contribution in [0.3, 0.4) is 0 Å². The molecule has 2 aromatic rings. The summed E-state index contributed by atoms with van der Waals surface area (Å²) in [6.07, 6.45) is 1.96. The summed E-state index contributed by atoms with van der Waals surface area (Å²) in [5.41, 5.74) is 6.62. The molecule has 3 rings (SSSR count). The topological polar surface area (TPSA) is 56.7 Å². The lowest BCUT2D eigenvalue weighted by atomic mass is 10.2. The van der Waals surface area contributed by atoms with E-state index in [0.29, 0.717) is 17.1 Å². The van der Waals surface area contributed by atoms with Crippen LogP contribution in [0.5, 0.6) is 0 Å². The van der Waals surface area contributed by atoms with E-state index in [1.54, 1.807) is 12.1 Å². The molecule has 82 valence electrons. The molecule has 0 spiro atoms. The smallest absolute Gasteiger partial charge is 0.167 e. The van der Waals surface area contributed by atoms with Crippen molar-refractivity contribution in [2.45, 2.75) is 19.4 Å². The van der Waals surface area contributed by atoms with E-state index in [9.17, 15) is 4.39 Å². The SMILES string of the molecule is Nc1ccc(F)c(-c2nnc3n2CCC3)c1. The second kappa shape index (κ2) is 3.30. The van der Waals surface area contributed by atoms with Crippen molar-refractivity contribution in [3.8, 4) is 11.4 Å². The third kappa shape index (κ3) is 1.28. The molecule has 0 atom stereocenters. The molecule has 0 amide bonds. The molecule has 1 aromatic heterocycles. The fourth-order valence-electron chi connectivity index (χ4n) is 2.06. The van der Waals surface area contributed by atoms with Crippen LogP contribution in [-0.2, 0) is 13.0 Å². The molecule has 0 saturated heterocycles. The maximum atomic E-state index is 13.7. The second-order valence-electron chi connectivity index (χ2n) is 3.93. The minimum absolute atomic E-state index is 0.309. The molecular weight excluding hydrogens is 207 g/mol. The van der Waals surface area contributed by atoms with E-state index < -0.39 is 0 Å². The third-order valence-corrected chi connectivity index (χ3v) is 2.84. The van der Waals surface area contributed by atoms with E-state index in [1.165, 1.54) is 6.07 Å². The van der Waals surface area contributed by atoms with E-state index in [-0.39, 0.29) is 5.82 Å². The highest BCUT2D eigenvalue weighted by Gasteiger charge is 2.20. The molecule has 0 saturated carbocycles. The number of benzene rings is 1. The third-order valence-electron chi connectivity index (χ3n) is 2.84. The molecule has 0 aliphatic carbocycles. The first kappa shape index (κ1) is 9.33. The fraction of sp³-hybridized carbons (Fsp3) is 0.273. The summed E-state index contributed by atoms with van der Waals surface area (Å²) in [5.74, 6) is 1.20. The molecule has 1 aliphatic rings. The number of nitrogens with zero attached hydrogens (tertiary/aromatic N) is 3. The lowest BCUT2D eigenvalue weighted by molar-refractivity contribution is 0.627. The predicted octanol–water partition coefficient (Wildman–Crippen LogP) is 1.61. The molecular formula is C11H11FN4. The van der Waals surface area contributed by atoms with Crippen LogP contribution in [-0.4, -0.2) is 14.8 Å². The number of nitrogens with two attached hydrogens (primary N) is 1. The minimum atomic E-state index is -0.309. The van der Waals surface area contributed by atoms with Gasteiger partial charge in [0.05, 0.1) is 5.56 Å². The number of hydrogen-bond acceptors (Lipinski definition) is 3. The average Bonchev–Trinajstić information content (AvgIpc) is 2.83. The number of aromatic nitrogens is 3. The van der Waals surface area contributed by atoms with Crippen LogP contribution >= 0.6 is 0 Å². The van der Waals surface area contributed by atoms with Gasteiger partial charge in [-0.05, 0) is 24.6 Å². The van der Waals surface area contributed by atoms with Crippen LogP contribution < -0.4 is 5.73 Å². The van der Waals surface area contributed by atoms with Crippen LogP contribution in [0.1, 0.15) is 12.2 Å². The van der Waals surface area contributed by atoms with E-state index in [0.717, 1.165) is 25.2 Å². The first-order chi connectivity index (χ1) is 7.75. The van der Waals surface area contributed by atoms with Crippen molar-refractivity contribution in [1.82, 2.24) is 14.8 Å². The number of nitrogen functional groups attached to an aromatic ring is 1. The van der Waals surface area contributed by atoms with Gasteiger partial charge in [0.2, 0.25) is 0 Å². The van der Waals surface area contributed by atoms with Gasteiger partial charge in [-0.15, -0.1) is 10.2 Å². The fourth-order valence-corrected chi connectivity index (χ4v) is 2.06. The zero-order chi connectivity index (χ0) is 11.1. The van der Waals surface area contributed by atoms with Crippen molar-refractivity contribution in [1.29, 1.82) is 0 Å². The number of halogens is 1. The van der Waals surface area contributed by atoms with Crippen LogP contribution in [0.15, 0.2) is 18.2 Å². The van der Waals surface area contributed by atoms with Crippen molar-refractivity contribution in [3.05, 3.63) is 29.8 Å². The molecule has 5 heteroatoms. The molecule has 0 bridgehead atoms. The van der Waals surface area contributed by atoms with E-state index in [2.05, 4.69) is 10.2 Å². The summed E-state index contributed by atoms with van der Waals surface area (Å²) in [6, 6.07) is 4.51. The first-order valence-corrected chi connectivity index (χ1v) is 5.23. The number of hydrogen-bond donors (Lipinski definition) is 1. The maximum Gasteiger partial charge on any atom is 0.167 e. The van der Waals surface area contributed by atoms with Gasteiger partial charge in [-0.2, -0.15) is 0 Å². The van der Waals surface area contributed by atoms with Gasteiger partial charge in [-0.3, -0.25) is 0 Å². The van der Waals surface area contributed by atoms with Gasteiger partial charge < -0.3 is 10.3 Å². The largest absolute Gasteiger partial charge is 0.399 e. The van der Waals surface area contributed by atoms with Crippen molar-refractivity contribution in [2.24, 2.45) is 0 Å². The molecule has 2 heterocycles. The molecule has 0 fully saturated rings. The standard InChI is InChI=1S/C11H11FN4/c12-9-4-3-7(13)6-8(9)11-15-14-10-2-1-5-16(10)11/h3-4,6H,1-2,5,13H2. The summed E-state index contributed by atoms with van der Waals surface area (Å²) in [4.78, 5) is 0. The highest BCUT2D eigenvalue weighted by molar-refractivity contribution is 5.62. The Morgan fingerprint density at radius 2 is 2.19 bits per heavy atom. The van der Waals surface area contributed by atoms with Gasteiger partial charge in [0, 0.05) is 18.7 Å². The number of aryl methyl sites for hydroxylation is 1. The number of rotatable bonds is 1. The Balaban J connectivity index is 2.18. The van der Waals surface area contributed by atoms with Gasteiger partial charge in [0.1, 0.15) is 11.6 Å². The average molecular weight is 218 g/mol. The Morgan fingerprint density at radius 1 is 1.31 bits per heavy atom. The summed E-state index contributed by atoms with van der Waals surface area (Å²) in [5, 5.41) is 8.08. The summed E-state index contributed by atoms with van der Waals surface area (Å²) < 4.78 is 15.6. The highest BCUT2D eigenvalue weighted by atomic mass is 19.1. The lowest BCUT2D eigenvalue weighted by Gasteiger charge is -2.05. The molecule has 2 N–H and O–H groups in total. The first-order valence-electron chi connectivity index (χ1n) is 5.23. The van der Waals surface area contributed by atoms with Crippen LogP contribution in [0.4, 0.5) is 10.1 Å². The maximum absolute atomic E-state index is 13.7. The highest BCUT2D eigenvalue weighted by Crippen LogP contribution is 2.26.